The van der Waals surface area contributed by atoms with Crippen molar-refractivity contribution >= 4 is 5.91 Å². The molecule has 0 N–H and O–H groups in total. The Morgan fingerprint density at radius 1 is 1.25 bits per heavy atom. The lowest BCUT2D eigenvalue weighted by Gasteiger charge is -2.17. The number of hydrogen-bond donors (Lipinski definition) is 0. The number of rotatable bonds is 3. The maximum absolute atomic E-state index is 12.9. The van der Waals surface area contributed by atoms with E-state index in [1.807, 2.05) is 20.8 Å². The lowest BCUT2D eigenvalue weighted by molar-refractivity contribution is 0.0747. The van der Waals surface area contributed by atoms with Gasteiger partial charge in [-0.05, 0) is 25.0 Å². The van der Waals surface area contributed by atoms with E-state index >= 15 is 0 Å². The second-order valence-electron chi connectivity index (χ2n) is 6.18. The molecule has 0 saturated carbocycles. The van der Waals surface area contributed by atoms with Gasteiger partial charge in [0, 0.05) is 37.5 Å². The Labute approximate surface area is 141 Å². The molecule has 0 radical (unpaired) electrons. The van der Waals surface area contributed by atoms with Crippen LogP contribution in [0.2, 0.25) is 0 Å². The highest BCUT2D eigenvalue weighted by Crippen LogP contribution is 2.22. The first kappa shape index (κ1) is 16.4. The summed E-state index contributed by atoms with van der Waals surface area (Å²) >= 11 is 0. The van der Waals surface area contributed by atoms with Crippen LogP contribution in [0, 0.1) is 6.92 Å². The summed E-state index contributed by atoms with van der Waals surface area (Å²) in [4.78, 5) is 35.9. The van der Waals surface area contributed by atoms with Gasteiger partial charge in [0.2, 0.25) is 0 Å². The summed E-state index contributed by atoms with van der Waals surface area (Å²) < 4.78 is 1.58. The number of carbonyl (C=O) groups excluding carboxylic acids is 1. The van der Waals surface area contributed by atoms with Crippen molar-refractivity contribution in [3.63, 3.8) is 0 Å². The molecule has 0 bridgehead atoms. The van der Waals surface area contributed by atoms with E-state index in [-0.39, 0.29) is 17.0 Å². The second kappa shape index (κ2) is 6.19. The van der Waals surface area contributed by atoms with Crippen molar-refractivity contribution in [2.75, 3.05) is 0 Å². The number of fused-ring (bicyclic) bond motifs is 1. The van der Waals surface area contributed by atoms with E-state index in [4.69, 9.17) is 0 Å². The Bertz CT molecular complexity index is 870. The zero-order valence-electron chi connectivity index (χ0n) is 14.6. The van der Waals surface area contributed by atoms with Crippen LogP contribution in [0.4, 0.5) is 0 Å². The zero-order valence-corrected chi connectivity index (χ0v) is 14.6. The molecule has 0 atom stereocenters. The third kappa shape index (κ3) is 2.62. The molecular weight excluding hydrogens is 304 g/mol. The first-order valence-corrected chi connectivity index (χ1v) is 8.28. The number of aromatic nitrogens is 3. The zero-order chi connectivity index (χ0) is 17.4. The summed E-state index contributed by atoms with van der Waals surface area (Å²) in [6, 6.07) is 1.72. The van der Waals surface area contributed by atoms with Crippen molar-refractivity contribution in [3.05, 3.63) is 56.5 Å². The normalized spacial score (nSPS) is 13.2. The summed E-state index contributed by atoms with van der Waals surface area (Å²) in [5.74, 6) is 0.541. The summed E-state index contributed by atoms with van der Waals surface area (Å²) in [6.45, 7) is 6.83. The minimum Gasteiger partial charge on any atom is -0.328 e. The van der Waals surface area contributed by atoms with E-state index in [0.29, 0.717) is 13.1 Å². The maximum atomic E-state index is 12.9. The van der Waals surface area contributed by atoms with Gasteiger partial charge in [-0.1, -0.05) is 13.8 Å². The maximum Gasteiger partial charge on any atom is 0.263 e. The molecule has 0 aliphatic carbocycles. The summed E-state index contributed by atoms with van der Waals surface area (Å²) in [7, 11) is 1.72. The Kier molecular flexibility index (Phi) is 4.22. The number of carbonyl (C=O) groups is 1. The number of aryl methyl sites for hydroxylation is 2. The predicted molar refractivity (Wildman–Crippen MR) is 90.8 cm³/mol. The second-order valence-corrected chi connectivity index (χ2v) is 6.18. The minimum atomic E-state index is -0.239. The molecule has 3 rings (SSSR count). The minimum absolute atomic E-state index is 0.226. The van der Waals surface area contributed by atoms with Gasteiger partial charge in [-0.25, -0.2) is 9.97 Å². The molecule has 1 aliphatic rings. The fraction of sp³-hybridized carbons (Fsp3) is 0.444. The number of pyridine rings is 1. The standard InChI is InChI=1S/C18H22N4O2/c1-5-15-11(3)7-13(17(23)21(15)4)18(24)22-9-12-8-19-16(6-2)20-14(12)10-22/h7-8H,5-6,9-10H2,1-4H3. The van der Waals surface area contributed by atoms with E-state index in [1.165, 1.54) is 0 Å². The van der Waals surface area contributed by atoms with Crippen LogP contribution in [0.5, 0.6) is 0 Å². The Balaban J connectivity index is 1.93. The molecular formula is C18H22N4O2. The van der Waals surface area contributed by atoms with Gasteiger partial charge >= 0.3 is 0 Å². The molecule has 0 fully saturated rings. The SMILES string of the molecule is CCc1ncc2c(n1)CN(C(=O)c1cc(C)c(CC)n(C)c1=O)C2. The predicted octanol–water partition coefficient (Wildman–Crippen LogP) is 1.76. The van der Waals surface area contributed by atoms with Crippen molar-refractivity contribution in [1.29, 1.82) is 0 Å². The lowest BCUT2D eigenvalue weighted by Crippen LogP contribution is -2.34. The molecule has 1 aliphatic heterocycles. The van der Waals surface area contributed by atoms with Gasteiger partial charge in [0.05, 0.1) is 12.2 Å². The fourth-order valence-electron chi connectivity index (χ4n) is 3.28. The third-order valence-corrected chi connectivity index (χ3v) is 4.63. The highest BCUT2D eigenvalue weighted by Gasteiger charge is 2.28. The van der Waals surface area contributed by atoms with Crippen LogP contribution in [-0.4, -0.2) is 25.3 Å². The summed E-state index contributed by atoms with van der Waals surface area (Å²) in [5.41, 5.74) is 3.75. The number of amides is 1. The fourth-order valence-corrected chi connectivity index (χ4v) is 3.28. The van der Waals surface area contributed by atoms with Crippen LogP contribution in [-0.2, 0) is 33.0 Å². The molecule has 2 aromatic rings. The lowest BCUT2D eigenvalue weighted by atomic mass is 10.1. The first-order chi connectivity index (χ1) is 11.5. The van der Waals surface area contributed by atoms with Gasteiger partial charge in [-0.2, -0.15) is 0 Å². The molecule has 1 amide bonds. The highest BCUT2D eigenvalue weighted by molar-refractivity contribution is 5.94. The molecule has 2 aromatic heterocycles. The van der Waals surface area contributed by atoms with Gasteiger partial charge in [-0.3, -0.25) is 9.59 Å². The van der Waals surface area contributed by atoms with Gasteiger partial charge in [0.15, 0.2) is 0 Å². The molecule has 3 heterocycles. The molecule has 0 unspecified atom stereocenters. The quantitative estimate of drug-likeness (QED) is 0.862. The van der Waals surface area contributed by atoms with Crippen molar-refractivity contribution in [3.8, 4) is 0 Å². The average molecular weight is 326 g/mol. The van der Waals surface area contributed by atoms with Crippen LogP contribution in [0.15, 0.2) is 17.1 Å². The van der Waals surface area contributed by atoms with Crippen molar-refractivity contribution in [1.82, 2.24) is 19.4 Å². The van der Waals surface area contributed by atoms with Crippen LogP contribution in [0.25, 0.3) is 0 Å². The van der Waals surface area contributed by atoms with Crippen molar-refractivity contribution < 1.29 is 4.79 Å². The van der Waals surface area contributed by atoms with E-state index in [1.54, 1.807) is 28.8 Å². The smallest absolute Gasteiger partial charge is 0.263 e. The van der Waals surface area contributed by atoms with Crippen molar-refractivity contribution in [2.45, 2.75) is 46.7 Å². The average Bonchev–Trinajstić information content (AvgIpc) is 3.01. The number of nitrogens with zero attached hydrogens (tertiary/aromatic N) is 4. The van der Waals surface area contributed by atoms with Gasteiger partial charge in [-0.15, -0.1) is 0 Å². The van der Waals surface area contributed by atoms with Gasteiger partial charge in [0.25, 0.3) is 11.5 Å². The molecule has 24 heavy (non-hydrogen) atoms. The molecule has 0 saturated heterocycles. The molecule has 0 spiro atoms. The topological polar surface area (TPSA) is 68.1 Å². The first-order valence-electron chi connectivity index (χ1n) is 8.28. The summed E-state index contributed by atoms with van der Waals surface area (Å²) in [6.07, 6.45) is 3.31. The van der Waals surface area contributed by atoms with Crippen molar-refractivity contribution in [2.24, 2.45) is 7.05 Å². The van der Waals surface area contributed by atoms with E-state index in [0.717, 1.165) is 41.2 Å². The van der Waals surface area contributed by atoms with Crippen LogP contribution < -0.4 is 5.56 Å². The summed E-state index contributed by atoms with van der Waals surface area (Å²) in [5, 5.41) is 0. The van der Waals surface area contributed by atoms with Crippen LogP contribution in [0.3, 0.4) is 0 Å². The van der Waals surface area contributed by atoms with Gasteiger partial charge in [0.1, 0.15) is 11.4 Å². The third-order valence-electron chi connectivity index (χ3n) is 4.63. The van der Waals surface area contributed by atoms with E-state index in [9.17, 15) is 9.59 Å². The molecule has 6 heteroatoms. The Morgan fingerprint density at radius 3 is 2.67 bits per heavy atom. The molecule has 126 valence electrons. The largest absolute Gasteiger partial charge is 0.328 e. The monoisotopic (exact) mass is 326 g/mol. The molecule has 0 aromatic carbocycles. The molecule has 6 nitrogen and oxygen atoms in total. The Hall–Kier alpha value is -2.50. The van der Waals surface area contributed by atoms with Crippen LogP contribution in [0.1, 0.15) is 52.5 Å². The highest BCUT2D eigenvalue weighted by atomic mass is 16.2. The van der Waals surface area contributed by atoms with Crippen LogP contribution >= 0.6 is 0 Å². The van der Waals surface area contributed by atoms with Gasteiger partial charge < -0.3 is 9.47 Å². The number of hydrogen-bond acceptors (Lipinski definition) is 4. The van der Waals surface area contributed by atoms with E-state index in [2.05, 4.69) is 9.97 Å². The van der Waals surface area contributed by atoms with E-state index < -0.39 is 0 Å². The Morgan fingerprint density at radius 2 is 2.00 bits per heavy atom.